The van der Waals surface area contributed by atoms with Crippen LogP contribution in [-0.4, -0.2) is 53.9 Å². The van der Waals surface area contributed by atoms with Crippen molar-refractivity contribution < 1.29 is 4.79 Å². The maximum atomic E-state index is 13.2. The summed E-state index contributed by atoms with van der Waals surface area (Å²) in [6.45, 7) is 4.08. The van der Waals surface area contributed by atoms with Crippen LogP contribution in [0.2, 0.25) is 0 Å². The summed E-state index contributed by atoms with van der Waals surface area (Å²) in [6, 6.07) is 8.48. The van der Waals surface area contributed by atoms with Gasteiger partial charge in [-0.1, -0.05) is 48.8 Å². The zero-order valence-electron chi connectivity index (χ0n) is 18.3. The van der Waals surface area contributed by atoms with Gasteiger partial charge in [0.25, 0.3) is 0 Å². The average molecular weight is 437 g/mol. The van der Waals surface area contributed by atoms with Gasteiger partial charge >= 0.3 is 0 Å². The molecule has 0 spiro atoms. The Hall–Kier alpha value is -2.18. The molecule has 0 amide bonds. The Bertz CT molecular complexity index is 1030. The highest BCUT2D eigenvalue weighted by Gasteiger charge is 2.26. The molecule has 1 unspecified atom stereocenters. The van der Waals surface area contributed by atoms with Crippen LogP contribution in [0.15, 0.2) is 36.7 Å². The molecule has 2 fully saturated rings. The van der Waals surface area contributed by atoms with Gasteiger partial charge in [-0.3, -0.25) is 4.79 Å². The second-order valence-corrected chi connectivity index (χ2v) is 10.4. The van der Waals surface area contributed by atoms with Gasteiger partial charge in [0.2, 0.25) is 0 Å². The van der Waals surface area contributed by atoms with E-state index >= 15 is 0 Å². The SMILES string of the molecule is CN1CCN(c2ncc(C(=O)CC(CCC3CC3)Cc3c[nH]c4ccccc34)s2)CC1. The summed E-state index contributed by atoms with van der Waals surface area (Å²) in [4.78, 5) is 26.7. The molecule has 5 nitrogen and oxygen atoms in total. The first kappa shape index (κ1) is 20.7. The first-order valence-electron chi connectivity index (χ1n) is 11.6. The van der Waals surface area contributed by atoms with Crippen molar-refractivity contribution in [1.82, 2.24) is 14.9 Å². The number of likely N-dealkylation sites (N-methyl/N-ethyl adjacent to an activating group) is 1. The number of anilines is 1. The molecule has 1 aromatic carbocycles. The average Bonchev–Trinajstić information content (AvgIpc) is 3.32. The van der Waals surface area contributed by atoms with Gasteiger partial charge in [0, 0.05) is 49.7 Å². The summed E-state index contributed by atoms with van der Waals surface area (Å²) >= 11 is 1.58. The van der Waals surface area contributed by atoms with Gasteiger partial charge in [0.15, 0.2) is 10.9 Å². The van der Waals surface area contributed by atoms with E-state index in [1.54, 1.807) is 11.3 Å². The van der Waals surface area contributed by atoms with Gasteiger partial charge in [-0.2, -0.15) is 0 Å². The number of rotatable bonds is 9. The lowest BCUT2D eigenvalue weighted by atomic mass is 9.89. The summed E-state index contributed by atoms with van der Waals surface area (Å²) in [5.41, 5.74) is 2.52. The van der Waals surface area contributed by atoms with E-state index in [-0.39, 0.29) is 5.78 Å². The molecule has 6 heteroatoms. The molecule has 5 rings (SSSR count). The third-order valence-corrected chi connectivity index (χ3v) is 7.98. The number of aromatic nitrogens is 2. The topological polar surface area (TPSA) is 52.2 Å². The van der Waals surface area contributed by atoms with Crippen molar-refractivity contribution in [2.45, 2.75) is 38.5 Å². The molecular weight excluding hydrogens is 404 g/mol. The van der Waals surface area contributed by atoms with Crippen LogP contribution in [0.25, 0.3) is 10.9 Å². The van der Waals surface area contributed by atoms with Gasteiger partial charge in [-0.05, 0) is 43.4 Å². The molecule has 0 radical (unpaired) electrons. The molecule has 164 valence electrons. The number of piperazine rings is 1. The van der Waals surface area contributed by atoms with E-state index in [0.717, 1.165) is 54.9 Å². The van der Waals surface area contributed by atoms with Crippen molar-refractivity contribution in [2.24, 2.45) is 11.8 Å². The Morgan fingerprint density at radius 2 is 2.03 bits per heavy atom. The van der Waals surface area contributed by atoms with Gasteiger partial charge < -0.3 is 14.8 Å². The molecule has 2 aliphatic rings. The molecule has 3 heterocycles. The normalized spacial score (nSPS) is 18.5. The van der Waals surface area contributed by atoms with Crippen LogP contribution in [0.4, 0.5) is 5.13 Å². The van der Waals surface area contributed by atoms with E-state index in [1.807, 2.05) is 6.20 Å². The third kappa shape index (κ3) is 5.01. The monoisotopic (exact) mass is 436 g/mol. The van der Waals surface area contributed by atoms with Gasteiger partial charge in [-0.15, -0.1) is 0 Å². The van der Waals surface area contributed by atoms with E-state index in [0.29, 0.717) is 12.3 Å². The number of Topliss-reactive ketones (excluding diaryl/α,β-unsaturated/α-hetero) is 1. The Balaban J connectivity index is 1.26. The fraction of sp³-hybridized carbons (Fsp3) is 0.520. The number of benzene rings is 1. The molecule has 31 heavy (non-hydrogen) atoms. The molecule has 1 saturated carbocycles. The lowest BCUT2D eigenvalue weighted by Crippen LogP contribution is -2.44. The highest BCUT2D eigenvalue weighted by Crippen LogP contribution is 2.36. The zero-order valence-corrected chi connectivity index (χ0v) is 19.2. The minimum Gasteiger partial charge on any atom is -0.361 e. The predicted octanol–water partition coefficient (Wildman–Crippen LogP) is 5.00. The Kier molecular flexibility index (Phi) is 6.10. The Labute approximate surface area is 188 Å². The number of hydrogen-bond donors (Lipinski definition) is 1. The fourth-order valence-corrected chi connectivity index (χ4v) is 5.58. The molecule has 1 atom stereocenters. The van der Waals surface area contributed by atoms with Crippen molar-refractivity contribution in [3.05, 3.63) is 47.1 Å². The quantitative estimate of drug-likeness (QED) is 0.480. The highest BCUT2D eigenvalue weighted by molar-refractivity contribution is 7.17. The predicted molar refractivity (Wildman–Crippen MR) is 128 cm³/mol. The highest BCUT2D eigenvalue weighted by atomic mass is 32.1. The molecule has 2 aromatic heterocycles. The minimum atomic E-state index is 0.263. The Morgan fingerprint density at radius 3 is 2.84 bits per heavy atom. The van der Waals surface area contributed by atoms with E-state index in [9.17, 15) is 4.79 Å². The second-order valence-electron chi connectivity index (χ2n) is 9.38. The molecule has 1 saturated heterocycles. The largest absolute Gasteiger partial charge is 0.361 e. The van der Waals surface area contributed by atoms with E-state index in [1.165, 1.54) is 35.7 Å². The number of fused-ring (bicyclic) bond motifs is 1. The third-order valence-electron chi connectivity index (χ3n) is 6.88. The molecule has 0 bridgehead atoms. The number of H-pyrrole nitrogens is 1. The van der Waals surface area contributed by atoms with Crippen LogP contribution in [0.5, 0.6) is 0 Å². The first-order valence-corrected chi connectivity index (χ1v) is 12.4. The maximum absolute atomic E-state index is 13.2. The van der Waals surface area contributed by atoms with E-state index in [4.69, 9.17) is 0 Å². The maximum Gasteiger partial charge on any atom is 0.186 e. The first-order chi connectivity index (χ1) is 15.2. The van der Waals surface area contributed by atoms with Crippen LogP contribution < -0.4 is 4.90 Å². The minimum absolute atomic E-state index is 0.263. The molecule has 3 aromatic rings. The summed E-state index contributed by atoms with van der Waals surface area (Å²) in [7, 11) is 2.16. The number of hydrogen-bond acceptors (Lipinski definition) is 5. The fourth-order valence-electron chi connectivity index (χ4n) is 4.67. The number of carbonyl (C=O) groups is 1. The lowest BCUT2D eigenvalue weighted by molar-refractivity contribution is 0.0961. The van der Waals surface area contributed by atoms with Crippen LogP contribution in [0.1, 0.15) is 47.3 Å². The van der Waals surface area contributed by atoms with Gasteiger partial charge in [0.1, 0.15) is 0 Å². The molecule has 1 aliphatic carbocycles. The number of thiazole rings is 1. The summed E-state index contributed by atoms with van der Waals surface area (Å²) < 4.78 is 0. The molecule has 1 aliphatic heterocycles. The Morgan fingerprint density at radius 1 is 1.23 bits per heavy atom. The second kappa shape index (κ2) is 9.13. The van der Waals surface area contributed by atoms with Crippen molar-refractivity contribution in [1.29, 1.82) is 0 Å². The van der Waals surface area contributed by atoms with Crippen LogP contribution in [0, 0.1) is 11.8 Å². The summed E-state index contributed by atoms with van der Waals surface area (Å²) in [5.74, 6) is 1.55. The number of carbonyl (C=O) groups excluding carboxylic acids is 1. The van der Waals surface area contributed by atoms with E-state index in [2.05, 4.69) is 57.3 Å². The summed E-state index contributed by atoms with van der Waals surface area (Å²) in [6.07, 6.45) is 10.7. The number of nitrogens with one attached hydrogen (secondary N) is 1. The smallest absolute Gasteiger partial charge is 0.186 e. The van der Waals surface area contributed by atoms with Crippen molar-refractivity contribution in [2.75, 3.05) is 38.1 Å². The number of para-hydroxylation sites is 1. The summed E-state index contributed by atoms with van der Waals surface area (Å²) in [5, 5.41) is 2.30. The van der Waals surface area contributed by atoms with Crippen LogP contribution in [-0.2, 0) is 6.42 Å². The molecule has 1 N–H and O–H groups in total. The zero-order chi connectivity index (χ0) is 21.2. The number of aromatic amines is 1. The van der Waals surface area contributed by atoms with Crippen molar-refractivity contribution >= 4 is 33.2 Å². The van der Waals surface area contributed by atoms with Crippen LogP contribution >= 0.6 is 11.3 Å². The lowest BCUT2D eigenvalue weighted by Gasteiger charge is -2.32. The van der Waals surface area contributed by atoms with E-state index < -0.39 is 0 Å². The standard InChI is InChI=1S/C25H32N4OS/c1-28-10-12-29(13-11-28)25-27-17-24(31-25)23(30)15-19(9-8-18-6-7-18)14-20-16-26-22-5-3-2-4-21(20)22/h2-5,16-19,26H,6-15H2,1H3. The van der Waals surface area contributed by atoms with Crippen LogP contribution in [0.3, 0.4) is 0 Å². The number of ketones is 1. The number of nitrogens with zero attached hydrogens (tertiary/aromatic N) is 3. The van der Waals surface area contributed by atoms with Gasteiger partial charge in [0.05, 0.1) is 11.1 Å². The molecular formula is C25H32N4OS. The van der Waals surface area contributed by atoms with Gasteiger partial charge in [-0.25, -0.2) is 4.98 Å². The van der Waals surface area contributed by atoms with Crippen molar-refractivity contribution in [3.8, 4) is 0 Å². The van der Waals surface area contributed by atoms with Crippen molar-refractivity contribution in [3.63, 3.8) is 0 Å².